The molecule has 98 valence electrons. The lowest BCUT2D eigenvalue weighted by Gasteiger charge is -2.32. The van der Waals surface area contributed by atoms with Gasteiger partial charge in [-0.2, -0.15) is 0 Å². The molecule has 0 aliphatic heterocycles. The molecule has 0 N–H and O–H groups in total. The summed E-state index contributed by atoms with van der Waals surface area (Å²) in [4.78, 5) is 12.9. The van der Waals surface area contributed by atoms with Crippen molar-refractivity contribution >= 4 is 27.3 Å². The molecule has 0 atom stereocenters. The molecule has 1 aromatic carbocycles. The number of benzene rings is 1. The van der Waals surface area contributed by atoms with Crippen LogP contribution in [0.4, 0.5) is 11.4 Å². The molecule has 1 aliphatic rings. The maximum absolute atomic E-state index is 11.1. The van der Waals surface area contributed by atoms with Gasteiger partial charge in [-0.1, -0.05) is 22.4 Å². The van der Waals surface area contributed by atoms with E-state index in [0.29, 0.717) is 5.92 Å². The van der Waals surface area contributed by atoms with Crippen molar-refractivity contribution in [3.8, 4) is 0 Å². The molecule has 5 heteroatoms. The minimum Gasteiger partial charge on any atom is -0.366 e. The van der Waals surface area contributed by atoms with Crippen molar-refractivity contribution in [3.63, 3.8) is 0 Å². The van der Waals surface area contributed by atoms with E-state index in [1.807, 2.05) is 19.1 Å². The summed E-state index contributed by atoms with van der Waals surface area (Å²) in [5, 5.41) is 11.1. The molecule has 0 heterocycles. The van der Waals surface area contributed by atoms with Crippen molar-refractivity contribution in [1.29, 1.82) is 0 Å². The third-order valence-corrected chi connectivity index (χ3v) is 4.05. The van der Waals surface area contributed by atoms with E-state index >= 15 is 0 Å². The van der Waals surface area contributed by atoms with E-state index in [0.717, 1.165) is 23.2 Å². The molecular formula is C13H17BrN2O2. The Balaban J connectivity index is 2.25. The standard InChI is InChI=1S/C13H17BrN2O2/c1-2-15(9-10-4-3-5-10)12-7-6-11(14)8-13(12)16(17)18/h6-8,10H,2-5,9H2,1H3. The topological polar surface area (TPSA) is 46.4 Å². The summed E-state index contributed by atoms with van der Waals surface area (Å²) < 4.78 is 0.748. The molecule has 2 rings (SSSR count). The number of nitro groups is 1. The average molecular weight is 313 g/mol. The average Bonchev–Trinajstić information content (AvgIpc) is 2.28. The molecule has 1 fully saturated rings. The summed E-state index contributed by atoms with van der Waals surface area (Å²) in [6, 6.07) is 5.29. The first-order valence-electron chi connectivity index (χ1n) is 6.30. The SMILES string of the molecule is CCN(CC1CCC1)c1ccc(Br)cc1[N+](=O)[O-]. The molecule has 0 radical (unpaired) electrons. The van der Waals surface area contributed by atoms with Gasteiger partial charge in [0.05, 0.1) is 4.92 Å². The molecule has 4 nitrogen and oxygen atoms in total. The number of halogens is 1. The fourth-order valence-corrected chi connectivity index (χ4v) is 2.64. The minimum atomic E-state index is -0.302. The van der Waals surface area contributed by atoms with Gasteiger partial charge >= 0.3 is 0 Å². The molecular weight excluding hydrogens is 296 g/mol. The van der Waals surface area contributed by atoms with Gasteiger partial charge in [-0.25, -0.2) is 0 Å². The number of nitrogens with zero attached hydrogens (tertiary/aromatic N) is 2. The summed E-state index contributed by atoms with van der Waals surface area (Å²) >= 11 is 3.29. The smallest absolute Gasteiger partial charge is 0.293 e. The van der Waals surface area contributed by atoms with Crippen LogP contribution in [-0.2, 0) is 0 Å². The van der Waals surface area contributed by atoms with Gasteiger partial charge in [-0.15, -0.1) is 0 Å². The van der Waals surface area contributed by atoms with Crippen molar-refractivity contribution < 1.29 is 4.92 Å². The molecule has 0 bridgehead atoms. The van der Waals surface area contributed by atoms with Crippen LogP contribution in [0.1, 0.15) is 26.2 Å². The monoisotopic (exact) mass is 312 g/mol. The summed E-state index contributed by atoms with van der Waals surface area (Å²) in [6.07, 6.45) is 3.80. The van der Waals surface area contributed by atoms with Crippen LogP contribution in [0.2, 0.25) is 0 Å². The van der Waals surface area contributed by atoms with Crippen molar-refractivity contribution in [3.05, 3.63) is 32.8 Å². The van der Waals surface area contributed by atoms with Crippen LogP contribution in [0.25, 0.3) is 0 Å². The summed E-state index contributed by atoms with van der Waals surface area (Å²) in [5.41, 5.74) is 0.920. The molecule has 0 unspecified atom stereocenters. The van der Waals surface area contributed by atoms with Gasteiger partial charge in [0.15, 0.2) is 0 Å². The van der Waals surface area contributed by atoms with Gasteiger partial charge in [-0.3, -0.25) is 10.1 Å². The first kappa shape index (κ1) is 13.3. The van der Waals surface area contributed by atoms with E-state index in [-0.39, 0.29) is 10.6 Å². The van der Waals surface area contributed by atoms with Crippen LogP contribution in [0.15, 0.2) is 22.7 Å². The van der Waals surface area contributed by atoms with E-state index in [2.05, 4.69) is 20.8 Å². The highest BCUT2D eigenvalue weighted by molar-refractivity contribution is 9.10. The lowest BCUT2D eigenvalue weighted by molar-refractivity contribution is -0.384. The zero-order chi connectivity index (χ0) is 13.1. The van der Waals surface area contributed by atoms with Crippen molar-refractivity contribution in [2.24, 2.45) is 5.92 Å². The summed E-state index contributed by atoms with van der Waals surface area (Å²) in [7, 11) is 0. The second kappa shape index (κ2) is 5.69. The Labute approximate surface area is 115 Å². The zero-order valence-electron chi connectivity index (χ0n) is 10.4. The first-order chi connectivity index (χ1) is 8.61. The highest BCUT2D eigenvalue weighted by Crippen LogP contribution is 2.34. The number of hydrogen-bond acceptors (Lipinski definition) is 3. The molecule has 1 aromatic rings. The Morgan fingerprint density at radius 1 is 1.50 bits per heavy atom. The maximum atomic E-state index is 11.1. The van der Waals surface area contributed by atoms with E-state index in [1.165, 1.54) is 19.3 Å². The number of anilines is 1. The van der Waals surface area contributed by atoms with Crippen molar-refractivity contribution in [1.82, 2.24) is 0 Å². The fourth-order valence-electron chi connectivity index (χ4n) is 2.30. The van der Waals surface area contributed by atoms with E-state index in [4.69, 9.17) is 0 Å². The van der Waals surface area contributed by atoms with Gasteiger partial charge in [0.1, 0.15) is 5.69 Å². The Kier molecular flexibility index (Phi) is 4.22. The summed E-state index contributed by atoms with van der Waals surface area (Å²) in [6.45, 7) is 3.78. The normalized spacial score (nSPS) is 15.2. The predicted octanol–water partition coefficient (Wildman–Crippen LogP) is 3.98. The van der Waals surface area contributed by atoms with E-state index < -0.39 is 0 Å². The van der Waals surface area contributed by atoms with E-state index in [9.17, 15) is 10.1 Å². The third kappa shape index (κ3) is 2.83. The van der Waals surface area contributed by atoms with Crippen molar-refractivity contribution in [2.75, 3.05) is 18.0 Å². The van der Waals surface area contributed by atoms with Gasteiger partial charge in [-0.05, 0) is 37.8 Å². The number of hydrogen-bond donors (Lipinski definition) is 0. The Morgan fingerprint density at radius 2 is 2.22 bits per heavy atom. The zero-order valence-corrected chi connectivity index (χ0v) is 12.0. The van der Waals surface area contributed by atoms with Crippen LogP contribution in [-0.4, -0.2) is 18.0 Å². The quantitative estimate of drug-likeness (QED) is 0.610. The maximum Gasteiger partial charge on any atom is 0.293 e. The van der Waals surface area contributed by atoms with Crippen LogP contribution in [0.5, 0.6) is 0 Å². The second-order valence-corrected chi connectivity index (χ2v) is 5.64. The van der Waals surface area contributed by atoms with Crippen LogP contribution in [0, 0.1) is 16.0 Å². The van der Waals surface area contributed by atoms with Gasteiger partial charge in [0.25, 0.3) is 5.69 Å². The largest absolute Gasteiger partial charge is 0.366 e. The number of rotatable bonds is 5. The van der Waals surface area contributed by atoms with Gasteiger partial charge in [0, 0.05) is 23.6 Å². The minimum absolute atomic E-state index is 0.186. The number of nitro benzene ring substituents is 1. The molecule has 0 spiro atoms. The lowest BCUT2D eigenvalue weighted by atomic mass is 9.85. The van der Waals surface area contributed by atoms with Crippen molar-refractivity contribution in [2.45, 2.75) is 26.2 Å². The molecule has 0 aromatic heterocycles. The molecule has 18 heavy (non-hydrogen) atoms. The van der Waals surface area contributed by atoms with Crippen LogP contribution >= 0.6 is 15.9 Å². The second-order valence-electron chi connectivity index (χ2n) is 4.73. The third-order valence-electron chi connectivity index (χ3n) is 3.56. The molecule has 1 saturated carbocycles. The molecule has 0 amide bonds. The highest BCUT2D eigenvalue weighted by Gasteiger charge is 2.24. The Morgan fingerprint density at radius 3 is 2.72 bits per heavy atom. The highest BCUT2D eigenvalue weighted by atomic mass is 79.9. The van der Waals surface area contributed by atoms with Gasteiger partial charge in [0.2, 0.25) is 0 Å². The first-order valence-corrected chi connectivity index (χ1v) is 7.10. The van der Waals surface area contributed by atoms with Crippen LogP contribution in [0.3, 0.4) is 0 Å². The lowest BCUT2D eigenvalue weighted by Crippen LogP contribution is -2.32. The molecule has 0 saturated heterocycles. The summed E-state index contributed by atoms with van der Waals surface area (Å²) in [5.74, 6) is 0.702. The van der Waals surface area contributed by atoms with Crippen LogP contribution < -0.4 is 4.90 Å². The predicted molar refractivity (Wildman–Crippen MR) is 76.0 cm³/mol. The Bertz CT molecular complexity index is 447. The van der Waals surface area contributed by atoms with Gasteiger partial charge < -0.3 is 4.90 Å². The fraction of sp³-hybridized carbons (Fsp3) is 0.538. The van der Waals surface area contributed by atoms with E-state index in [1.54, 1.807) is 6.07 Å². The Hall–Kier alpha value is -1.10. The molecule has 1 aliphatic carbocycles.